The molecule has 2 aromatic heterocycles. The van der Waals surface area contributed by atoms with Gasteiger partial charge in [0, 0.05) is 70.5 Å². The van der Waals surface area contributed by atoms with Gasteiger partial charge in [0.25, 0.3) is 11.5 Å². The summed E-state index contributed by atoms with van der Waals surface area (Å²) < 4.78 is 1.23. The van der Waals surface area contributed by atoms with Crippen LogP contribution in [0.3, 0.4) is 0 Å². The van der Waals surface area contributed by atoms with E-state index in [-0.39, 0.29) is 51.6 Å². The van der Waals surface area contributed by atoms with Crippen LogP contribution in [0.1, 0.15) is 83.8 Å². The molecule has 1 unspecified atom stereocenters. The lowest BCUT2D eigenvalue weighted by molar-refractivity contribution is -0.134. The van der Waals surface area contributed by atoms with Gasteiger partial charge in [0.1, 0.15) is 10.8 Å². The first-order valence-electron chi connectivity index (χ1n) is 18.1. The number of piperidine rings is 4. The minimum absolute atomic E-state index is 0.0952. The zero-order chi connectivity index (χ0) is 35.9. The number of likely N-dealkylation sites (tertiary alicyclic amines) is 2. The molecule has 2 N–H and O–H groups in total. The fourth-order valence-electron chi connectivity index (χ4n) is 8.58. The molecule has 270 valence electrons. The Kier molecular flexibility index (Phi) is 9.91. The second-order valence-electron chi connectivity index (χ2n) is 15.1. The van der Waals surface area contributed by atoms with Crippen molar-refractivity contribution in [1.29, 1.82) is 0 Å². The zero-order valence-corrected chi connectivity index (χ0v) is 30.4. The van der Waals surface area contributed by atoms with Crippen LogP contribution in [0.2, 0.25) is 5.02 Å². The topological polar surface area (TPSA) is 133 Å². The summed E-state index contributed by atoms with van der Waals surface area (Å²) in [5.74, 6) is 0.562. The molecule has 1 aromatic carbocycles. The third-order valence-electron chi connectivity index (χ3n) is 11.6. The average Bonchev–Trinajstić information content (AvgIpc) is 3.12. The lowest BCUT2D eigenvalue weighted by Crippen LogP contribution is -2.48. The maximum absolute atomic E-state index is 13.6. The minimum Gasteiger partial charge on any atom is -0.378 e. The SMILES string of the molecule is Cc1cc(C2CCC(=O)NC2=O)cnc1N1CCC2(CCN(C(=O)c3ccc([C@H]4C[C@@H](Nc5cnn(C)c(=O)c5Cl)CN(C)C4)cc3)CC2)CC1. The van der Waals surface area contributed by atoms with E-state index in [1.807, 2.05) is 24.0 Å². The minimum atomic E-state index is -0.328. The third kappa shape index (κ3) is 7.39. The molecule has 4 fully saturated rings. The van der Waals surface area contributed by atoms with Gasteiger partial charge < -0.3 is 20.0 Å². The lowest BCUT2D eigenvalue weighted by Gasteiger charge is -2.47. The van der Waals surface area contributed by atoms with Gasteiger partial charge in [-0.2, -0.15) is 5.10 Å². The van der Waals surface area contributed by atoms with Gasteiger partial charge in [-0.1, -0.05) is 29.8 Å². The number of carbonyl (C=O) groups excluding carboxylic acids is 3. The molecular weight excluding hydrogens is 668 g/mol. The van der Waals surface area contributed by atoms with Crippen molar-refractivity contribution < 1.29 is 14.4 Å². The van der Waals surface area contributed by atoms with Crippen LogP contribution in [0, 0.1) is 12.3 Å². The van der Waals surface area contributed by atoms with E-state index >= 15 is 0 Å². The number of imide groups is 1. The summed E-state index contributed by atoms with van der Waals surface area (Å²) >= 11 is 6.32. The number of halogens is 1. The molecule has 4 saturated heterocycles. The van der Waals surface area contributed by atoms with Crippen LogP contribution in [0.4, 0.5) is 11.5 Å². The molecule has 7 rings (SSSR count). The maximum Gasteiger partial charge on any atom is 0.287 e. The average molecular weight is 715 g/mol. The van der Waals surface area contributed by atoms with E-state index in [4.69, 9.17) is 16.6 Å². The quantitative estimate of drug-likeness (QED) is 0.363. The summed E-state index contributed by atoms with van der Waals surface area (Å²) in [6.07, 6.45) is 9.29. The highest BCUT2D eigenvalue weighted by Gasteiger charge is 2.39. The Morgan fingerprint density at radius 2 is 1.67 bits per heavy atom. The number of hydrogen-bond acceptors (Lipinski definition) is 9. The van der Waals surface area contributed by atoms with Crippen molar-refractivity contribution in [3.8, 4) is 0 Å². The monoisotopic (exact) mass is 714 g/mol. The Morgan fingerprint density at radius 3 is 2.35 bits per heavy atom. The van der Waals surface area contributed by atoms with Gasteiger partial charge in [-0.3, -0.25) is 24.5 Å². The fraction of sp³-hybridized carbons (Fsp3) is 0.526. The van der Waals surface area contributed by atoms with Crippen LogP contribution in [-0.2, 0) is 16.6 Å². The van der Waals surface area contributed by atoms with E-state index < -0.39 is 0 Å². The fourth-order valence-corrected chi connectivity index (χ4v) is 8.80. The van der Waals surface area contributed by atoms with Crippen LogP contribution in [-0.4, -0.2) is 94.6 Å². The van der Waals surface area contributed by atoms with Crippen molar-refractivity contribution in [2.45, 2.75) is 69.7 Å². The van der Waals surface area contributed by atoms with E-state index in [0.29, 0.717) is 18.5 Å². The molecule has 13 heteroatoms. The summed E-state index contributed by atoms with van der Waals surface area (Å²) in [5, 5.41) is 10.1. The van der Waals surface area contributed by atoms with Gasteiger partial charge in [-0.15, -0.1) is 0 Å². The van der Waals surface area contributed by atoms with E-state index in [1.54, 1.807) is 19.4 Å². The van der Waals surface area contributed by atoms with Crippen LogP contribution in [0.15, 0.2) is 47.5 Å². The lowest BCUT2D eigenvalue weighted by atomic mass is 9.71. The Bertz CT molecular complexity index is 1860. The molecule has 4 aliphatic rings. The second kappa shape index (κ2) is 14.4. The number of benzene rings is 1. The van der Waals surface area contributed by atoms with Crippen molar-refractivity contribution in [1.82, 2.24) is 29.9 Å². The number of pyridine rings is 1. The number of nitrogens with one attached hydrogen (secondary N) is 2. The molecule has 12 nitrogen and oxygen atoms in total. The number of rotatable bonds is 6. The van der Waals surface area contributed by atoms with Crippen LogP contribution >= 0.6 is 11.6 Å². The smallest absolute Gasteiger partial charge is 0.287 e. The van der Waals surface area contributed by atoms with Gasteiger partial charge in [0.05, 0.1) is 17.8 Å². The standard InChI is InChI=1S/C38H47ClN8O4/c1-24-18-27(30-8-9-32(48)43-35(30)49)20-40-34(24)46-14-10-38(11-15-46)12-16-47(17-13-38)36(50)26-6-4-25(5-7-26)28-19-29(23-44(2)22-28)42-31-21-41-45(3)37(51)33(31)39/h4-7,18,20-21,28-30,42H,8-17,19,22-23H2,1-3H3,(H,43,48,49)/t28-,29+,30?/m0/s1. The number of aryl methyl sites for hydroxylation is 2. The van der Waals surface area contributed by atoms with Gasteiger partial charge in [0.2, 0.25) is 11.8 Å². The van der Waals surface area contributed by atoms with E-state index in [1.165, 1.54) is 10.2 Å². The number of nitrogens with zero attached hydrogens (tertiary/aromatic N) is 6. The number of aromatic nitrogens is 3. The number of hydrogen-bond donors (Lipinski definition) is 2. The first kappa shape index (κ1) is 35.1. The molecular formula is C38H47ClN8O4. The summed E-state index contributed by atoms with van der Waals surface area (Å²) in [4.78, 5) is 61.2. The molecule has 6 heterocycles. The molecule has 0 aliphatic carbocycles. The zero-order valence-electron chi connectivity index (χ0n) is 29.7. The molecule has 51 heavy (non-hydrogen) atoms. The Hall–Kier alpha value is -4.29. The van der Waals surface area contributed by atoms with Crippen molar-refractivity contribution in [3.63, 3.8) is 0 Å². The summed E-state index contributed by atoms with van der Waals surface area (Å²) in [6, 6.07) is 10.3. The number of amides is 3. The summed E-state index contributed by atoms with van der Waals surface area (Å²) in [6.45, 7) is 7.14. The van der Waals surface area contributed by atoms with E-state index in [2.05, 4.69) is 50.8 Å². The molecule has 3 amide bonds. The normalized spacial score (nSPS) is 24.0. The maximum atomic E-state index is 13.6. The third-order valence-corrected chi connectivity index (χ3v) is 12.0. The van der Waals surface area contributed by atoms with E-state index in [9.17, 15) is 19.2 Å². The Labute approximate surface area is 303 Å². The second-order valence-corrected chi connectivity index (χ2v) is 15.5. The van der Waals surface area contributed by atoms with Gasteiger partial charge in [0.15, 0.2) is 0 Å². The molecule has 0 bridgehead atoms. The van der Waals surface area contributed by atoms with Crippen molar-refractivity contribution >= 4 is 40.8 Å². The Morgan fingerprint density at radius 1 is 0.961 bits per heavy atom. The van der Waals surface area contributed by atoms with Crippen molar-refractivity contribution in [2.75, 3.05) is 56.5 Å². The molecule has 1 spiro atoms. The highest BCUT2D eigenvalue weighted by Crippen LogP contribution is 2.43. The van der Waals surface area contributed by atoms with Crippen molar-refractivity contribution in [2.24, 2.45) is 12.5 Å². The van der Waals surface area contributed by atoms with E-state index in [0.717, 1.165) is 93.9 Å². The Balaban J connectivity index is 0.912. The predicted octanol–water partition coefficient (Wildman–Crippen LogP) is 4.08. The first-order chi connectivity index (χ1) is 24.5. The van der Waals surface area contributed by atoms with Crippen LogP contribution in [0.5, 0.6) is 0 Å². The molecule has 0 radical (unpaired) electrons. The number of carbonyl (C=O) groups is 3. The highest BCUT2D eigenvalue weighted by molar-refractivity contribution is 6.32. The van der Waals surface area contributed by atoms with Crippen LogP contribution < -0.4 is 21.1 Å². The van der Waals surface area contributed by atoms with Gasteiger partial charge >= 0.3 is 0 Å². The van der Waals surface area contributed by atoms with Gasteiger partial charge in [-0.05, 0) is 92.7 Å². The van der Waals surface area contributed by atoms with Crippen LogP contribution in [0.25, 0.3) is 0 Å². The first-order valence-corrected chi connectivity index (χ1v) is 18.5. The number of anilines is 2. The van der Waals surface area contributed by atoms with Gasteiger partial charge in [-0.25, -0.2) is 9.67 Å². The highest BCUT2D eigenvalue weighted by atomic mass is 35.5. The molecule has 3 atom stereocenters. The van der Waals surface area contributed by atoms with Crippen molar-refractivity contribution in [3.05, 3.63) is 80.4 Å². The molecule has 3 aromatic rings. The predicted molar refractivity (Wildman–Crippen MR) is 196 cm³/mol. The molecule has 0 saturated carbocycles. The summed E-state index contributed by atoms with van der Waals surface area (Å²) in [5.41, 5.74) is 4.31. The summed E-state index contributed by atoms with van der Waals surface area (Å²) in [7, 11) is 3.68. The largest absolute Gasteiger partial charge is 0.378 e. The number of likely N-dealkylation sites (N-methyl/N-ethyl adjacent to an activating group) is 1. The molecule has 4 aliphatic heterocycles.